The van der Waals surface area contributed by atoms with Crippen LogP contribution < -0.4 is 14.8 Å². The zero-order valence-electron chi connectivity index (χ0n) is 21.7. The number of nitrogens with zero attached hydrogens (tertiary/aromatic N) is 3. The van der Waals surface area contributed by atoms with Crippen LogP contribution in [0.5, 0.6) is 11.5 Å². The number of rotatable bonds is 10. The summed E-state index contributed by atoms with van der Waals surface area (Å²) in [6, 6.07) is 16.7. The first kappa shape index (κ1) is 27.1. The van der Waals surface area contributed by atoms with Crippen LogP contribution in [0.1, 0.15) is 17.5 Å². The summed E-state index contributed by atoms with van der Waals surface area (Å²) in [5.41, 5.74) is 3.58. The fourth-order valence-electron chi connectivity index (χ4n) is 4.35. The molecular weight excluding hydrogens is 563 g/mol. The standard InChI is InChI=1S/C30H30BrFN4O3/c1-37-28-18-24-27(19-29(28)39-14-2-11-36-12-15-38-16-13-36)33-20-34-30(24)35-23-8-5-21(6-9-23)3-4-22-7-10-26(32)25(31)17-22/h3-10,17-20H,2,11-16H2,1H3,(H,33,34,35)/b4-3+. The highest BCUT2D eigenvalue weighted by Crippen LogP contribution is 2.35. The quantitative estimate of drug-likeness (QED) is 0.165. The molecule has 0 saturated carbocycles. The van der Waals surface area contributed by atoms with E-state index in [2.05, 4.69) is 36.1 Å². The van der Waals surface area contributed by atoms with Gasteiger partial charge in [-0.25, -0.2) is 14.4 Å². The topological polar surface area (TPSA) is 68.7 Å². The molecule has 0 spiro atoms. The van der Waals surface area contributed by atoms with Gasteiger partial charge in [0.2, 0.25) is 0 Å². The number of benzene rings is 3. The van der Waals surface area contributed by atoms with E-state index >= 15 is 0 Å². The van der Waals surface area contributed by atoms with E-state index in [1.165, 1.54) is 12.4 Å². The van der Waals surface area contributed by atoms with Gasteiger partial charge >= 0.3 is 0 Å². The number of morpholine rings is 1. The van der Waals surface area contributed by atoms with Crippen molar-refractivity contribution < 1.29 is 18.6 Å². The predicted molar refractivity (Wildman–Crippen MR) is 156 cm³/mol. The lowest BCUT2D eigenvalue weighted by Gasteiger charge is -2.26. The van der Waals surface area contributed by atoms with Gasteiger partial charge in [0.25, 0.3) is 0 Å². The summed E-state index contributed by atoms with van der Waals surface area (Å²) in [5.74, 6) is 1.71. The molecular formula is C30H30BrFN4O3. The van der Waals surface area contributed by atoms with Crippen molar-refractivity contribution in [3.05, 3.63) is 82.3 Å². The first-order valence-corrected chi connectivity index (χ1v) is 13.6. The van der Waals surface area contributed by atoms with E-state index < -0.39 is 0 Å². The van der Waals surface area contributed by atoms with Crippen LogP contribution in [0.3, 0.4) is 0 Å². The third-order valence-corrected chi connectivity index (χ3v) is 7.09. The molecule has 5 rings (SSSR count). The molecule has 39 heavy (non-hydrogen) atoms. The SMILES string of the molecule is COc1cc2c(Nc3ccc(/C=C/c4ccc(F)c(Br)c4)cc3)ncnc2cc1OCCCN1CCOCC1. The van der Waals surface area contributed by atoms with Crippen LogP contribution in [0.15, 0.2) is 65.4 Å². The van der Waals surface area contributed by atoms with E-state index in [1.54, 1.807) is 19.2 Å². The normalized spacial score (nSPS) is 14.1. The van der Waals surface area contributed by atoms with Crippen LogP contribution in [0.25, 0.3) is 23.1 Å². The zero-order chi connectivity index (χ0) is 27.0. The molecule has 1 aliphatic rings. The molecule has 3 aromatic carbocycles. The molecule has 0 radical (unpaired) electrons. The van der Waals surface area contributed by atoms with Crippen molar-refractivity contribution in [3.63, 3.8) is 0 Å². The molecule has 0 amide bonds. The van der Waals surface area contributed by atoms with Crippen LogP contribution in [-0.2, 0) is 4.74 Å². The number of halogens is 2. The van der Waals surface area contributed by atoms with E-state index in [-0.39, 0.29) is 5.82 Å². The minimum Gasteiger partial charge on any atom is -0.493 e. The Labute approximate surface area is 235 Å². The molecule has 7 nitrogen and oxygen atoms in total. The minimum atomic E-state index is -0.277. The van der Waals surface area contributed by atoms with Crippen molar-refractivity contribution in [2.45, 2.75) is 6.42 Å². The molecule has 1 saturated heterocycles. The van der Waals surface area contributed by atoms with E-state index in [1.807, 2.05) is 48.6 Å². The molecule has 0 unspecified atom stereocenters. The number of hydrogen-bond donors (Lipinski definition) is 1. The average molecular weight is 593 g/mol. The van der Waals surface area contributed by atoms with Gasteiger partial charge in [0.05, 0.1) is 36.9 Å². The molecule has 4 aromatic rings. The Kier molecular flexibility index (Phi) is 9.03. The Morgan fingerprint density at radius 2 is 1.77 bits per heavy atom. The third-order valence-electron chi connectivity index (χ3n) is 6.49. The second-order valence-corrected chi connectivity index (χ2v) is 10.0. The van der Waals surface area contributed by atoms with Crippen molar-refractivity contribution in [3.8, 4) is 11.5 Å². The lowest BCUT2D eigenvalue weighted by molar-refractivity contribution is 0.0357. The molecule has 0 bridgehead atoms. The average Bonchev–Trinajstić information content (AvgIpc) is 2.97. The summed E-state index contributed by atoms with van der Waals surface area (Å²) in [7, 11) is 1.63. The summed E-state index contributed by atoms with van der Waals surface area (Å²) in [5, 5.41) is 4.22. The second-order valence-electron chi connectivity index (χ2n) is 9.15. The van der Waals surface area contributed by atoms with Crippen molar-refractivity contribution in [2.75, 3.05) is 51.9 Å². The molecule has 202 valence electrons. The number of anilines is 2. The molecule has 1 N–H and O–H groups in total. The predicted octanol–water partition coefficient (Wildman–Crippen LogP) is 6.56. The molecule has 1 aromatic heterocycles. The van der Waals surface area contributed by atoms with E-state index in [9.17, 15) is 4.39 Å². The van der Waals surface area contributed by atoms with Gasteiger partial charge in [0.1, 0.15) is 18.0 Å². The highest BCUT2D eigenvalue weighted by atomic mass is 79.9. The largest absolute Gasteiger partial charge is 0.493 e. The van der Waals surface area contributed by atoms with Gasteiger partial charge in [-0.15, -0.1) is 0 Å². The van der Waals surface area contributed by atoms with Crippen molar-refractivity contribution in [2.24, 2.45) is 0 Å². The molecule has 2 heterocycles. The van der Waals surface area contributed by atoms with Crippen LogP contribution in [0.4, 0.5) is 15.9 Å². The Balaban J connectivity index is 1.25. The Morgan fingerprint density at radius 1 is 1.00 bits per heavy atom. The van der Waals surface area contributed by atoms with Gasteiger partial charge < -0.3 is 19.5 Å². The molecule has 1 fully saturated rings. The lowest BCUT2D eigenvalue weighted by Crippen LogP contribution is -2.37. The van der Waals surface area contributed by atoms with Gasteiger partial charge in [-0.3, -0.25) is 4.90 Å². The Morgan fingerprint density at radius 3 is 2.54 bits per heavy atom. The summed E-state index contributed by atoms with van der Waals surface area (Å²) in [6.45, 7) is 5.11. The van der Waals surface area contributed by atoms with Gasteiger partial charge in [0.15, 0.2) is 11.5 Å². The van der Waals surface area contributed by atoms with Gasteiger partial charge in [-0.05, 0) is 63.8 Å². The van der Waals surface area contributed by atoms with Crippen LogP contribution in [0.2, 0.25) is 0 Å². The van der Waals surface area contributed by atoms with Crippen molar-refractivity contribution in [1.29, 1.82) is 0 Å². The number of ether oxygens (including phenoxy) is 3. The number of aromatic nitrogens is 2. The number of fused-ring (bicyclic) bond motifs is 1. The summed E-state index contributed by atoms with van der Waals surface area (Å²) in [6.07, 6.45) is 6.39. The fourth-order valence-corrected chi connectivity index (χ4v) is 4.75. The van der Waals surface area contributed by atoms with Crippen molar-refractivity contribution >= 4 is 50.5 Å². The minimum absolute atomic E-state index is 0.277. The first-order chi connectivity index (χ1) is 19.1. The van der Waals surface area contributed by atoms with E-state index in [0.717, 1.165) is 67.0 Å². The fraction of sp³-hybridized carbons (Fsp3) is 0.267. The molecule has 1 aliphatic heterocycles. The third kappa shape index (κ3) is 7.11. The maximum atomic E-state index is 13.5. The van der Waals surface area contributed by atoms with Crippen LogP contribution >= 0.6 is 15.9 Å². The number of methoxy groups -OCH3 is 1. The maximum absolute atomic E-state index is 13.5. The highest BCUT2D eigenvalue weighted by Gasteiger charge is 2.13. The summed E-state index contributed by atoms with van der Waals surface area (Å²) < 4.78 is 31.0. The number of nitrogens with one attached hydrogen (secondary N) is 1. The smallest absolute Gasteiger partial charge is 0.163 e. The lowest BCUT2D eigenvalue weighted by atomic mass is 10.1. The maximum Gasteiger partial charge on any atom is 0.163 e. The van der Waals surface area contributed by atoms with Crippen molar-refractivity contribution in [1.82, 2.24) is 14.9 Å². The monoisotopic (exact) mass is 592 g/mol. The van der Waals surface area contributed by atoms with Gasteiger partial charge in [0, 0.05) is 36.8 Å². The Bertz CT molecular complexity index is 1440. The summed E-state index contributed by atoms with van der Waals surface area (Å²) >= 11 is 3.22. The molecule has 9 heteroatoms. The van der Waals surface area contributed by atoms with E-state index in [4.69, 9.17) is 14.2 Å². The van der Waals surface area contributed by atoms with E-state index in [0.29, 0.717) is 28.4 Å². The zero-order valence-corrected chi connectivity index (χ0v) is 23.3. The van der Waals surface area contributed by atoms with Gasteiger partial charge in [-0.1, -0.05) is 30.4 Å². The van der Waals surface area contributed by atoms with Gasteiger partial charge in [-0.2, -0.15) is 0 Å². The molecule has 0 aliphatic carbocycles. The highest BCUT2D eigenvalue weighted by molar-refractivity contribution is 9.10. The van der Waals surface area contributed by atoms with Crippen LogP contribution in [0, 0.1) is 5.82 Å². The second kappa shape index (κ2) is 13.0. The Hall–Kier alpha value is -3.53. The first-order valence-electron chi connectivity index (χ1n) is 12.8. The molecule has 0 atom stereocenters. The number of hydrogen-bond acceptors (Lipinski definition) is 7. The summed E-state index contributed by atoms with van der Waals surface area (Å²) in [4.78, 5) is 11.3. The van der Waals surface area contributed by atoms with Crippen LogP contribution in [-0.4, -0.2) is 61.4 Å².